The van der Waals surface area contributed by atoms with Gasteiger partial charge in [-0.15, -0.1) is 11.3 Å². The Morgan fingerprint density at radius 3 is 2.67 bits per heavy atom. The topological polar surface area (TPSA) is 61.9 Å². The molecule has 0 aliphatic carbocycles. The fourth-order valence-electron chi connectivity index (χ4n) is 3.18. The number of rotatable bonds is 8. The fourth-order valence-corrected chi connectivity index (χ4v) is 4.12. The maximum Gasteiger partial charge on any atom is 0.246 e. The van der Waals surface area contributed by atoms with E-state index in [2.05, 4.69) is 5.32 Å². The minimum Gasteiger partial charge on any atom is -0.383 e. The summed E-state index contributed by atoms with van der Waals surface area (Å²) in [5, 5.41) is 2.80. The molecule has 0 spiro atoms. The molecule has 2 aromatic rings. The lowest BCUT2D eigenvalue weighted by Crippen LogP contribution is -2.51. The smallest absolute Gasteiger partial charge is 0.246 e. The third-order valence-electron chi connectivity index (χ3n) is 4.84. The zero-order valence-electron chi connectivity index (χ0n) is 17.0. The summed E-state index contributed by atoms with van der Waals surface area (Å²) in [6.07, 6.45) is 3.33. The van der Waals surface area contributed by atoms with Crippen LogP contribution in [0.15, 0.2) is 42.5 Å². The Bertz CT molecular complexity index is 891. The zero-order chi connectivity index (χ0) is 21.3. The van der Waals surface area contributed by atoms with Crippen LogP contribution in [0.3, 0.4) is 0 Å². The van der Waals surface area contributed by atoms with Gasteiger partial charge >= 0.3 is 0 Å². The van der Waals surface area contributed by atoms with Crippen LogP contribution in [-0.2, 0) is 14.3 Å². The molecule has 1 aromatic heterocycles. The molecule has 30 heavy (non-hydrogen) atoms. The Morgan fingerprint density at radius 1 is 1.17 bits per heavy atom. The Kier molecular flexibility index (Phi) is 8.12. The highest BCUT2D eigenvalue weighted by molar-refractivity contribution is 7.16. The Balaban J connectivity index is 1.46. The molecular weight excluding hydrogens is 405 g/mol. The van der Waals surface area contributed by atoms with Gasteiger partial charge in [0, 0.05) is 61.2 Å². The second kappa shape index (κ2) is 11.0. The Hall–Kier alpha value is -2.55. The van der Waals surface area contributed by atoms with E-state index in [9.17, 15) is 14.0 Å². The largest absolute Gasteiger partial charge is 0.383 e. The molecule has 1 aliphatic rings. The van der Waals surface area contributed by atoms with Crippen molar-refractivity contribution in [3.63, 3.8) is 0 Å². The summed E-state index contributed by atoms with van der Waals surface area (Å²) in [4.78, 5) is 29.9. The van der Waals surface area contributed by atoms with Crippen molar-refractivity contribution in [2.75, 3.05) is 53.0 Å². The number of amides is 2. The average Bonchev–Trinajstić information content (AvgIpc) is 3.22. The molecule has 2 heterocycles. The van der Waals surface area contributed by atoms with E-state index in [1.807, 2.05) is 17.0 Å². The van der Waals surface area contributed by atoms with Crippen molar-refractivity contribution < 1.29 is 18.7 Å². The third kappa shape index (κ3) is 6.22. The molecule has 3 rings (SSSR count). The molecule has 0 unspecified atom stereocenters. The van der Waals surface area contributed by atoms with Crippen LogP contribution in [-0.4, -0.2) is 74.6 Å². The monoisotopic (exact) mass is 431 g/mol. The maximum atomic E-state index is 13.9. The van der Waals surface area contributed by atoms with E-state index >= 15 is 0 Å². The number of piperazine rings is 1. The van der Waals surface area contributed by atoms with Gasteiger partial charge in [-0.3, -0.25) is 14.5 Å². The lowest BCUT2D eigenvalue weighted by Gasteiger charge is -2.33. The SMILES string of the molecule is COCCNC(=O)CN1CCN(C(=O)C=Cc2ccc(-c3ccccc3F)s2)CC1. The number of halogens is 1. The quantitative estimate of drug-likeness (QED) is 0.515. The first kappa shape index (κ1) is 22.1. The molecule has 1 saturated heterocycles. The van der Waals surface area contributed by atoms with Crippen molar-refractivity contribution in [2.45, 2.75) is 0 Å². The summed E-state index contributed by atoms with van der Waals surface area (Å²) in [5.41, 5.74) is 0.566. The van der Waals surface area contributed by atoms with Gasteiger partial charge in [0.2, 0.25) is 11.8 Å². The van der Waals surface area contributed by atoms with Crippen molar-refractivity contribution in [1.82, 2.24) is 15.1 Å². The summed E-state index contributed by atoms with van der Waals surface area (Å²) >= 11 is 1.44. The van der Waals surface area contributed by atoms with E-state index in [1.54, 1.807) is 42.4 Å². The maximum absolute atomic E-state index is 13.9. The molecule has 1 N–H and O–H groups in total. The first-order chi connectivity index (χ1) is 14.6. The van der Waals surface area contributed by atoms with Gasteiger partial charge in [0.1, 0.15) is 5.82 Å². The van der Waals surface area contributed by atoms with Crippen molar-refractivity contribution in [3.05, 3.63) is 53.2 Å². The van der Waals surface area contributed by atoms with Gasteiger partial charge in [-0.05, 0) is 24.3 Å². The van der Waals surface area contributed by atoms with Crippen LogP contribution in [0, 0.1) is 5.82 Å². The first-order valence-electron chi connectivity index (χ1n) is 9.86. The van der Waals surface area contributed by atoms with Gasteiger partial charge < -0.3 is 15.0 Å². The lowest BCUT2D eigenvalue weighted by molar-refractivity contribution is -0.128. The summed E-state index contributed by atoms with van der Waals surface area (Å²) < 4.78 is 18.8. The van der Waals surface area contributed by atoms with Crippen LogP contribution in [0.4, 0.5) is 4.39 Å². The fraction of sp³-hybridized carbons (Fsp3) is 0.364. The van der Waals surface area contributed by atoms with Crippen LogP contribution in [0.25, 0.3) is 16.5 Å². The number of carbonyl (C=O) groups is 2. The lowest BCUT2D eigenvalue weighted by atomic mass is 10.2. The predicted molar refractivity (Wildman–Crippen MR) is 117 cm³/mol. The number of methoxy groups -OCH3 is 1. The van der Waals surface area contributed by atoms with E-state index in [1.165, 1.54) is 17.4 Å². The van der Waals surface area contributed by atoms with Gasteiger partial charge in [0.05, 0.1) is 13.2 Å². The molecule has 160 valence electrons. The standard InChI is InChI=1S/C22H26FN3O3S/c1-29-15-10-24-21(27)16-25-11-13-26(14-12-25)22(28)9-7-17-6-8-20(30-17)18-4-2-3-5-19(18)23/h2-9H,10-16H2,1H3,(H,24,27). The summed E-state index contributed by atoms with van der Waals surface area (Å²) in [7, 11) is 1.59. The number of nitrogens with zero attached hydrogens (tertiary/aromatic N) is 2. The van der Waals surface area contributed by atoms with E-state index < -0.39 is 0 Å². The van der Waals surface area contributed by atoms with Gasteiger partial charge in [0.25, 0.3) is 0 Å². The van der Waals surface area contributed by atoms with Crippen LogP contribution in [0.2, 0.25) is 0 Å². The molecule has 0 atom stereocenters. The zero-order valence-corrected chi connectivity index (χ0v) is 17.8. The van der Waals surface area contributed by atoms with Gasteiger partial charge in [-0.2, -0.15) is 0 Å². The summed E-state index contributed by atoms with van der Waals surface area (Å²) in [6, 6.07) is 10.4. The first-order valence-corrected chi connectivity index (χ1v) is 10.7. The molecule has 0 bridgehead atoms. The molecule has 0 radical (unpaired) electrons. The van der Waals surface area contributed by atoms with Crippen molar-refractivity contribution >= 4 is 29.2 Å². The van der Waals surface area contributed by atoms with E-state index in [-0.39, 0.29) is 17.6 Å². The summed E-state index contributed by atoms with van der Waals surface area (Å²) in [5.74, 6) is -0.341. The normalized spacial score (nSPS) is 14.9. The molecule has 2 amide bonds. The molecular formula is C22H26FN3O3S. The van der Waals surface area contributed by atoms with Crippen LogP contribution >= 0.6 is 11.3 Å². The molecule has 8 heteroatoms. The molecule has 1 fully saturated rings. The number of ether oxygens (including phenoxy) is 1. The second-order valence-corrected chi connectivity index (χ2v) is 8.07. The number of hydrogen-bond donors (Lipinski definition) is 1. The Labute approximate surface area is 179 Å². The van der Waals surface area contributed by atoms with Gasteiger partial charge in [0.15, 0.2) is 0 Å². The molecule has 6 nitrogen and oxygen atoms in total. The Morgan fingerprint density at radius 2 is 1.93 bits per heavy atom. The van der Waals surface area contributed by atoms with Crippen molar-refractivity contribution in [1.29, 1.82) is 0 Å². The minimum absolute atomic E-state index is 0.0323. The highest BCUT2D eigenvalue weighted by Gasteiger charge is 2.21. The van der Waals surface area contributed by atoms with Crippen LogP contribution in [0.5, 0.6) is 0 Å². The molecule has 1 aliphatic heterocycles. The van der Waals surface area contributed by atoms with Gasteiger partial charge in [-0.25, -0.2) is 4.39 Å². The molecule has 0 saturated carbocycles. The van der Waals surface area contributed by atoms with Crippen LogP contribution < -0.4 is 5.32 Å². The number of benzene rings is 1. The number of thiophene rings is 1. The number of nitrogens with one attached hydrogen (secondary N) is 1. The highest BCUT2D eigenvalue weighted by Crippen LogP contribution is 2.30. The van der Waals surface area contributed by atoms with Crippen molar-refractivity contribution in [3.8, 4) is 10.4 Å². The average molecular weight is 432 g/mol. The highest BCUT2D eigenvalue weighted by atomic mass is 32.1. The summed E-state index contributed by atoms with van der Waals surface area (Å²) in [6.45, 7) is 3.81. The van der Waals surface area contributed by atoms with E-state index in [4.69, 9.17) is 4.74 Å². The third-order valence-corrected chi connectivity index (χ3v) is 5.92. The number of hydrogen-bond acceptors (Lipinski definition) is 5. The van der Waals surface area contributed by atoms with Crippen LogP contribution in [0.1, 0.15) is 4.88 Å². The number of carbonyl (C=O) groups excluding carboxylic acids is 2. The predicted octanol–water partition coefficient (Wildman–Crippen LogP) is 2.47. The minimum atomic E-state index is -0.254. The molecule has 1 aromatic carbocycles. The van der Waals surface area contributed by atoms with E-state index in [0.29, 0.717) is 51.4 Å². The van der Waals surface area contributed by atoms with Crippen molar-refractivity contribution in [2.24, 2.45) is 0 Å². The van der Waals surface area contributed by atoms with E-state index in [0.717, 1.165) is 9.75 Å². The second-order valence-electron chi connectivity index (χ2n) is 6.96. The van der Waals surface area contributed by atoms with Gasteiger partial charge in [-0.1, -0.05) is 18.2 Å².